The Labute approximate surface area is 131 Å². The normalized spacial score (nSPS) is 16.7. The molecule has 116 valence electrons. The van der Waals surface area contributed by atoms with Crippen molar-refractivity contribution in [3.8, 4) is 5.75 Å². The Morgan fingerprint density at radius 2 is 2.00 bits per heavy atom. The third kappa shape index (κ3) is 5.59. The highest BCUT2D eigenvalue weighted by Crippen LogP contribution is 2.19. The monoisotopic (exact) mass is 308 g/mol. The highest BCUT2D eigenvalue weighted by molar-refractivity contribution is 7.98. The quantitative estimate of drug-likeness (QED) is 0.819. The molecule has 0 bridgehead atoms. The predicted molar refractivity (Wildman–Crippen MR) is 87.0 cm³/mol. The Morgan fingerprint density at radius 1 is 1.33 bits per heavy atom. The van der Waals surface area contributed by atoms with Gasteiger partial charge in [0.1, 0.15) is 12.4 Å². The summed E-state index contributed by atoms with van der Waals surface area (Å²) < 4.78 is 5.78. The number of ether oxygens (including phenoxy) is 1. The molecule has 0 aromatic heterocycles. The van der Waals surface area contributed by atoms with E-state index in [0.717, 1.165) is 38.2 Å². The molecule has 0 radical (unpaired) electrons. The number of nitrogens with zero attached hydrogens (tertiary/aromatic N) is 1. The molecule has 1 aromatic rings. The van der Waals surface area contributed by atoms with E-state index in [1.165, 1.54) is 4.90 Å². The van der Waals surface area contributed by atoms with Gasteiger partial charge >= 0.3 is 0 Å². The van der Waals surface area contributed by atoms with Gasteiger partial charge in [0.2, 0.25) is 5.91 Å². The summed E-state index contributed by atoms with van der Waals surface area (Å²) in [5.74, 6) is 1.01. The van der Waals surface area contributed by atoms with Crippen LogP contribution in [0.2, 0.25) is 0 Å². The van der Waals surface area contributed by atoms with Crippen LogP contribution in [-0.2, 0) is 4.79 Å². The maximum absolute atomic E-state index is 11.0. The van der Waals surface area contributed by atoms with Gasteiger partial charge in [0.25, 0.3) is 0 Å². The molecule has 1 saturated heterocycles. The lowest BCUT2D eigenvalue weighted by atomic mass is 10.1. The summed E-state index contributed by atoms with van der Waals surface area (Å²) in [6, 6.07) is 8.56. The van der Waals surface area contributed by atoms with Crippen LogP contribution in [0.5, 0.6) is 5.75 Å². The largest absolute Gasteiger partial charge is 0.492 e. The molecular weight excluding hydrogens is 284 g/mol. The van der Waals surface area contributed by atoms with E-state index >= 15 is 0 Å². The maximum Gasteiger partial charge on any atom is 0.217 e. The minimum Gasteiger partial charge on any atom is -0.492 e. The van der Waals surface area contributed by atoms with Crippen LogP contribution < -0.4 is 10.1 Å². The molecule has 0 saturated carbocycles. The second-order valence-electron chi connectivity index (χ2n) is 5.34. The number of rotatable bonds is 6. The molecule has 1 N–H and O–H groups in total. The van der Waals surface area contributed by atoms with E-state index < -0.39 is 0 Å². The zero-order chi connectivity index (χ0) is 15.1. The van der Waals surface area contributed by atoms with Gasteiger partial charge in [-0.3, -0.25) is 9.69 Å². The van der Waals surface area contributed by atoms with Crippen LogP contribution >= 0.6 is 11.8 Å². The molecule has 0 aliphatic carbocycles. The molecule has 21 heavy (non-hydrogen) atoms. The number of carbonyl (C=O) groups excluding carboxylic acids is 1. The van der Waals surface area contributed by atoms with Crippen molar-refractivity contribution in [1.82, 2.24) is 10.2 Å². The Morgan fingerprint density at radius 3 is 2.57 bits per heavy atom. The van der Waals surface area contributed by atoms with E-state index in [0.29, 0.717) is 12.6 Å². The van der Waals surface area contributed by atoms with Crippen molar-refractivity contribution in [3.05, 3.63) is 24.3 Å². The van der Waals surface area contributed by atoms with Crippen molar-refractivity contribution in [2.45, 2.75) is 30.7 Å². The van der Waals surface area contributed by atoms with Crippen molar-refractivity contribution >= 4 is 17.7 Å². The molecule has 0 unspecified atom stereocenters. The Hall–Kier alpha value is -1.20. The van der Waals surface area contributed by atoms with Crippen LogP contribution in [0.15, 0.2) is 29.2 Å². The number of piperidine rings is 1. The standard InChI is InChI=1S/C16H24N2O2S/c1-13(19)17-14-7-9-18(10-8-14)11-12-20-15-3-5-16(21-2)6-4-15/h3-6,14H,7-12H2,1-2H3,(H,17,19). The van der Waals surface area contributed by atoms with E-state index in [-0.39, 0.29) is 5.91 Å². The lowest BCUT2D eigenvalue weighted by molar-refractivity contribution is -0.119. The second kappa shape index (κ2) is 8.29. The van der Waals surface area contributed by atoms with E-state index in [1.807, 2.05) is 12.1 Å². The summed E-state index contributed by atoms with van der Waals surface area (Å²) in [5.41, 5.74) is 0. The van der Waals surface area contributed by atoms with Crippen molar-refractivity contribution in [1.29, 1.82) is 0 Å². The van der Waals surface area contributed by atoms with Crippen molar-refractivity contribution in [3.63, 3.8) is 0 Å². The van der Waals surface area contributed by atoms with Crippen LogP contribution in [0.3, 0.4) is 0 Å². The topological polar surface area (TPSA) is 41.6 Å². The van der Waals surface area contributed by atoms with Gasteiger partial charge in [0.05, 0.1) is 0 Å². The summed E-state index contributed by atoms with van der Waals surface area (Å²) in [5, 5.41) is 3.00. The fourth-order valence-electron chi connectivity index (χ4n) is 2.55. The third-order valence-electron chi connectivity index (χ3n) is 3.73. The first-order valence-electron chi connectivity index (χ1n) is 7.43. The Bertz CT molecular complexity index is 442. The molecule has 5 heteroatoms. The molecule has 2 rings (SSSR count). The molecule has 1 amide bonds. The van der Waals surface area contributed by atoms with Crippen LogP contribution in [-0.4, -0.2) is 49.3 Å². The first-order chi connectivity index (χ1) is 10.2. The van der Waals surface area contributed by atoms with Crippen LogP contribution in [0.4, 0.5) is 0 Å². The van der Waals surface area contributed by atoms with Crippen molar-refractivity contribution in [2.24, 2.45) is 0 Å². The highest BCUT2D eigenvalue weighted by Gasteiger charge is 2.19. The van der Waals surface area contributed by atoms with E-state index in [9.17, 15) is 4.79 Å². The van der Waals surface area contributed by atoms with E-state index in [4.69, 9.17) is 4.74 Å². The summed E-state index contributed by atoms with van der Waals surface area (Å²) in [6.45, 7) is 5.29. The number of carbonyl (C=O) groups is 1. The number of likely N-dealkylation sites (tertiary alicyclic amines) is 1. The second-order valence-corrected chi connectivity index (χ2v) is 6.22. The van der Waals surface area contributed by atoms with Gasteiger partial charge in [-0.15, -0.1) is 11.8 Å². The first kappa shape index (κ1) is 16.2. The zero-order valence-corrected chi connectivity index (χ0v) is 13.6. The number of hydrogen-bond donors (Lipinski definition) is 1. The highest BCUT2D eigenvalue weighted by atomic mass is 32.2. The third-order valence-corrected chi connectivity index (χ3v) is 4.47. The smallest absolute Gasteiger partial charge is 0.217 e. The molecule has 1 aliphatic heterocycles. The Kier molecular flexibility index (Phi) is 6.39. The SMILES string of the molecule is CSc1ccc(OCCN2CCC(NC(C)=O)CC2)cc1. The fraction of sp³-hybridized carbons (Fsp3) is 0.562. The van der Waals surface area contributed by atoms with Gasteiger partial charge in [0, 0.05) is 37.5 Å². The molecule has 0 spiro atoms. The minimum absolute atomic E-state index is 0.0745. The van der Waals surface area contributed by atoms with Gasteiger partial charge in [-0.05, 0) is 43.4 Å². The minimum atomic E-state index is 0.0745. The van der Waals surface area contributed by atoms with Gasteiger partial charge in [-0.1, -0.05) is 0 Å². The predicted octanol–water partition coefficient (Wildman–Crippen LogP) is 2.39. The molecule has 4 nitrogen and oxygen atoms in total. The van der Waals surface area contributed by atoms with E-state index in [2.05, 4.69) is 28.6 Å². The molecule has 1 aliphatic rings. The van der Waals surface area contributed by atoms with Crippen LogP contribution in [0.25, 0.3) is 0 Å². The average molecular weight is 308 g/mol. The number of thioether (sulfide) groups is 1. The molecule has 1 aromatic carbocycles. The van der Waals surface area contributed by atoms with E-state index in [1.54, 1.807) is 18.7 Å². The lowest BCUT2D eigenvalue weighted by Gasteiger charge is -2.31. The lowest BCUT2D eigenvalue weighted by Crippen LogP contribution is -2.45. The number of benzene rings is 1. The molecule has 1 fully saturated rings. The van der Waals surface area contributed by atoms with Gasteiger partial charge in [-0.25, -0.2) is 0 Å². The van der Waals surface area contributed by atoms with Crippen LogP contribution in [0, 0.1) is 0 Å². The first-order valence-corrected chi connectivity index (χ1v) is 8.66. The molecule has 0 atom stereocenters. The Balaban J connectivity index is 1.64. The molecular formula is C16H24N2O2S. The fourth-order valence-corrected chi connectivity index (χ4v) is 2.96. The number of nitrogens with one attached hydrogen (secondary N) is 1. The number of amides is 1. The van der Waals surface area contributed by atoms with Gasteiger partial charge < -0.3 is 10.1 Å². The van der Waals surface area contributed by atoms with Crippen molar-refractivity contribution in [2.75, 3.05) is 32.5 Å². The summed E-state index contributed by atoms with van der Waals surface area (Å²) in [6.07, 6.45) is 4.13. The summed E-state index contributed by atoms with van der Waals surface area (Å²) >= 11 is 1.73. The molecule has 1 heterocycles. The maximum atomic E-state index is 11.0. The van der Waals surface area contributed by atoms with Gasteiger partial charge in [0.15, 0.2) is 0 Å². The number of hydrogen-bond acceptors (Lipinski definition) is 4. The average Bonchev–Trinajstić information content (AvgIpc) is 2.49. The summed E-state index contributed by atoms with van der Waals surface area (Å²) in [4.78, 5) is 14.7. The zero-order valence-electron chi connectivity index (χ0n) is 12.8. The summed E-state index contributed by atoms with van der Waals surface area (Å²) in [7, 11) is 0. The van der Waals surface area contributed by atoms with Gasteiger partial charge in [-0.2, -0.15) is 0 Å². The van der Waals surface area contributed by atoms with Crippen molar-refractivity contribution < 1.29 is 9.53 Å². The van der Waals surface area contributed by atoms with Crippen LogP contribution in [0.1, 0.15) is 19.8 Å².